The third-order valence-corrected chi connectivity index (χ3v) is 8.03. The van der Waals surface area contributed by atoms with Gasteiger partial charge in [-0.25, -0.2) is 0 Å². The fourth-order valence-corrected chi connectivity index (χ4v) is 6.03. The molecule has 0 bridgehead atoms. The smallest absolute Gasteiger partial charge is 0.137 e. The van der Waals surface area contributed by atoms with Crippen molar-refractivity contribution in [3.05, 3.63) is 113 Å². The zero-order valence-corrected chi connectivity index (χ0v) is 24.1. The van der Waals surface area contributed by atoms with Crippen LogP contribution >= 0.6 is 46.4 Å². The number of hydrogen-bond donors (Lipinski definition) is 4. The number of benzene rings is 4. The summed E-state index contributed by atoms with van der Waals surface area (Å²) in [6.07, 6.45) is 0. The molecule has 0 amide bonds. The maximum absolute atomic E-state index is 10.4. The third-order valence-electron chi connectivity index (χ3n) is 6.88. The molecular weight excluding hydrogens is 566 g/mol. The zero-order chi connectivity index (χ0) is 28.0. The van der Waals surface area contributed by atoms with Crippen molar-refractivity contribution in [2.75, 3.05) is 0 Å². The van der Waals surface area contributed by atoms with Crippen LogP contribution in [-0.4, -0.2) is 20.4 Å². The van der Waals surface area contributed by atoms with Crippen LogP contribution in [0.3, 0.4) is 0 Å². The Bertz CT molecular complexity index is 1240. The maximum atomic E-state index is 10.4. The lowest BCUT2D eigenvalue weighted by Crippen LogP contribution is -2.16. The summed E-state index contributed by atoms with van der Waals surface area (Å²) in [4.78, 5) is 0. The van der Waals surface area contributed by atoms with Crippen molar-refractivity contribution in [1.29, 1.82) is 0 Å². The minimum absolute atomic E-state index is 0.0160. The Morgan fingerprint density at radius 1 is 0.395 bits per heavy atom. The molecule has 0 spiro atoms. The zero-order valence-electron chi connectivity index (χ0n) is 21.1. The van der Waals surface area contributed by atoms with Gasteiger partial charge in [0.05, 0.1) is 20.1 Å². The van der Waals surface area contributed by atoms with Crippen LogP contribution in [0.15, 0.2) is 48.5 Å². The molecule has 0 saturated heterocycles. The van der Waals surface area contributed by atoms with E-state index in [0.29, 0.717) is 22.3 Å². The van der Waals surface area contributed by atoms with Crippen molar-refractivity contribution in [2.45, 2.75) is 39.5 Å². The summed E-state index contributed by atoms with van der Waals surface area (Å²) in [6, 6.07) is 14.2. The van der Waals surface area contributed by atoms with Crippen molar-refractivity contribution in [3.63, 3.8) is 0 Å². The molecule has 38 heavy (non-hydrogen) atoms. The van der Waals surface area contributed by atoms with E-state index < -0.39 is 11.8 Å². The van der Waals surface area contributed by atoms with E-state index in [4.69, 9.17) is 46.4 Å². The molecule has 198 valence electrons. The van der Waals surface area contributed by atoms with E-state index in [1.807, 2.05) is 24.3 Å². The van der Waals surface area contributed by atoms with Gasteiger partial charge in [0, 0.05) is 11.8 Å². The Kier molecular flexibility index (Phi) is 8.02. The molecule has 0 aliphatic carbocycles. The quantitative estimate of drug-likeness (QED) is 0.186. The predicted octanol–water partition coefficient (Wildman–Crippen LogP) is 9.32. The van der Waals surface area contributed by atoms with Gasteiger partial charge in [0.1, 0.15) is 23.0 Å². The average Bonchev–Trinajstić information content (AvgIpc) is 2.85. The van der Waals surface area contributed by atoms with Crippen LogP contribution in [0.5, 0.6) is 23.0 Å². The van der Waals surface area contributed by atoms with Gasteiger partial charge in [0.15, 0.2) is 0 Å². The summed E-state index contributed by atoms with van der Waals surface area (Å²) in [5.41, 5.74) is 5.38. The van der Waals surface area contributed by atoms with Crippen molar-refractivity contribution < 1.29 is 20.4 Å². The van der Waals surface area contributed by atoms with Gasteiger partial charge in [-0.3, -0.25) is 0 Å². The number of aromatic hydroxyl groups is 4. The summed E-state index contributed by atoms with van der Waals surface area (Å²) >= 11 is 25.8. The summed E-state index contributed by atoms with van der Waals surface area (Å²) in [5, 5.41) is 42.4. The van der Waals surface area contributed by atoms with Gasteiger partial charge in [-0.15, -0.1) is 0 Å². The van der Waals surface area contributed by atoms with Crippen LogP contribution < -0.4 is 0 Å². The highest BCUT2D eigenvalue weighted by molar-refractivity contribution is 6.33. The molecule has 0 atom stereocenters. The summed E-state index contributed by atoms with van der Waals surface area (Å²) < 4.78 is 0. The summed E-state index contributed by atoms with van der Waals surface area (Å²) in [6.45, 7) is 7.04. The van der Waals surface area contributed by atoms with E-state index in [-0.39, 0.29) is 43.1 Å². The lowest BCUT2D eigenvalue weighted by atomic mass is 9.72. The van der Waals surface area contributed by atoms with Crippen LogP contribution in [0.2, 0.25) is 20.1 Å². The minimum atomic E-state index is -0.469. The highest BCUT2D eigenvalue weighted by atomic mass is 35.5. The van der Waals surface area contributed by atoms with Gasteiger partial charge in [-0.1, -0.05) is 70.7 Å². The number of rotatable bonds is 5. The molecule has 4 aromatic carbocycles. The predicted molar refractivity (Wildman–Crippen MR) is 155 cm³/mol. The molecule has 4 rings (SSSR count). The molecular formula is C30H26Cl4O4. The molecule has 0 radical (unpaired) electrons. The Morgan fingerprint density at radius 2 is 0.579 bits per heavy atom. The van der Waals surface area contributed by atoms with Crippen LogP contribution in [0.25, 0.3) is 0 Å². The Morgan fingerprint density at radius 3 is 0.737 bits per heavy atom. The van der Waals surface area contributed by atoms with Gasteiger partial charge in [-0.05, 0) is 96.5 Å². The van der Waals surface area contributed by atoms with Crippen LogP contribution in [0.4, 0.5) is 0 Å². The number of phenolic OH excluding ortho intramolecular Hbond substituents is 4. The van der Waals surface area contributed by atoms with Crippen molar-refractivity contribution in [1.82, 2.24) is 0 Å². The second-order valence-corrected chi connectivity index (χ2v) is 11.3. The third kappa shape index (κ3) is 5.23. The number of hydrogen-bond acceptors (Lipinski definition) is 4. The van der Waals surface area contributed by atoms with Gasteiger partial charge in [-0.2, -0.15) is 0 Å². The van der Waals surface area contributed by atoms with Crippen molar-refractivity contribution >= 4 is 46.4 Å². The molecule has 0 aromatic heterocycles. The first-order valence-electron chi connectivity index (χ1n) is 11.8. The number of aryl methyl sites for hydroxylation is 4. The maximum Gasteiger partial charge on any atom is 0.137 e. The Labute approximate surface area is 241 Å². The van der Waals surface area contributed by atoms with E-state index in [9.17, 15) is 20.4 Å². The molecule has 0 saturated carbocycles. The molecule has 0 aliphatic rings. The molecule has 0 aliphatic heterocycles. The standard InChI is InChI=1S/C30H26Cl4O4/c1-13-5-17(9-21(31)27(13)35)25(18-6-14(2)28(36)22(32)10-18)26(19-7-15(3)29(37)23(33)11-19)20-8-16(4)30(38)24(34)12-20/h5-12,25-26,35-38H,1-4H3. The average molecular weight is 592 g/mol. The monoisotopic (exact) mass is 590 g/mol. The highest BCUT2D eigenvalue weighted by Gasteiger charge is 2.32. The second-order valence-electron chi connectivity index (χ2n) is 9.63. The molecule has 0 fully saturated rings. The Hall–Kier alpha value is -2.76. The first-order chi connectivity index (χ1) is 17.8. The normalized spacial score (nSPS) is 11.5. The molecule has 0 heterocycles. The largest absolute Gasteiger partial charge is 0.506 e. The first kappa shape index (κ1) is 28.3. The highest BCUT2D eigenvalue weighted by Crippen LogP contribution is 2.49. The van der Waals surface area contributed by atoms with Gasteiger partial charge >= 0.3 is 0 Å². The van der Waals surface area contributed by atoms with E-state index in [0.717, 1.165) is 22.3 Å². The SMILES string of the molecule is Cc1cc(C(c2cc(C)c(O)c(Cl)c2)C(c2cc(C)c(O)c(Cl)c2)c2cc(C)c(O)c(Cl)c2)cc(Cl)c1O. The van der Waals surface area contributed by atoms with Crippen molar-refractivity contribution in [2.24, 2.45) is 0 Å². The lowest BCUT2D eigenvalue weighted by Gasteiger charge is -2.31. The van der Waals surface area contributed by atoms with E-state index in [1.54, 1.807) is 52.0 Å². The lowest BCUT2D eigenvalue weighted by molar-refractivity contribution is 0.468. The summed E-state index contributed by atoms with van der Waals surface area (Å²) in [7, 11) is 0. The van der Waals surface area contributed by atoms with E-state index in [1.165, 1.54) is 0 Å². The van der Waals surface area contributed by atoms with Crippen LogP contribution in [-0.2, 0) is 0 Å². The Balaban J connectivity index is 2.14. The van der Waals surface area contributed by atoms with Gasteiger partial charge < -0.3 is 20.4 Å². The van der Waals surface area contributed by atoms with Crippen LogP contribution in [0.1, 0.15) is 56.3 Å². The molecule has 4 aromatic rings. The molecule has 0 unspecified atom stereocenters. The van der Waals surface area contributed by atoms with Crippen molar-refractivity contribution in [3.8, 4) is 23.0 Å². The van der Waals surface area contributed by atoms with Gasteiger partial charge in [0.25, 0.3) is 0 Å². The number of halogens is 4. The minimum Gasteiger partial charge on any atom is -0.506 e. The van der Waals surface area contributed by atoms with Crippen LogP contribution in [0, 0.1) is 27.7 Å². The molecule has 4 N–H and O–H groups in total. The topological polar surface area (TPSA) is 80.9 Å². The second kappa shape index (κ2) is 10.8. The fourth-order valence-electron chi connectivity index (χ4n) is 4.93. The number of phenols is 4. The molecule has 8 heteroatoms. The van der Waals surface area contributed by atoms with E-state index in [2.05, 4.69) is 0 Å². The summed E-state index contributed by atoms with van der Waals surface area (Å²) in [5.74, 6) is -1.00. The van der Waals surface area contributed by atoms with E-state index >= 15 is 0 Å². The molecule has 4 nitrogen and oxygen atoms in total. The van der Waals surface area contributed by atoms with Gasteiger partial charge in [0.2, 0.25) is 0 Å². The first-order valence-corrected chi connectivity index (χ1v) is 13.3. The fraction of sp³-hybridized carbons (Fsp3) is 0.200.